The van der Waals surface area contributed by atoms with E-state index in [0.717, 1.165) is 18.4 Å². The van der Waals surface area contributed by atoms with E-state index in [9.17, 15) is 14.4 Å². The first-order valence-electron chi connectivity index (χ1n) is 13.6. The molecule has 2 bridgehead atoms. The van der Waals surface area contributed by atoms with Crippen molar-refractivity contribution in [1.82, 2.24) is 35.5 Å². The van der Waals surface area contributed by atoms with Gasteiger partial charge in [-0.2, -0.15) is 4.68 Å². The van der Waals surface area contributed by atoms with E-state index in [0.29, 0.717) is 69.6 Å². The first-order chi connectivity index (χ1) is 20.8. The van der Waals surface area contributed by atoms with Crippen LogP contribution < -0.4 is 16.0 Å². The Bertz CT molecular complexity index is 1670. The smallest absolute Gasteiger partial charge is 0.411 e. The second kappa shape index (κ2) is 13.4. The van der Waals surface area contributed by atoms with Crippen molar-refractivity contribution in [1.29, 1.82) is 0 Å². The van der Waals surface area contributed by atoms with Gasteiger partial charge in [-0.25, -0.2) is 9.78 Å². The summed E-state index contributed by atoms with van der Waals surface area (Å²) in [6, 6.07) is 10.2. The third kappa shape index (κ3) is 7.13. The molecule has 2 amide bonds. The second-order valence-electron chi connectivity index (χ2n) is 9.99. The van der Waals surface area contributed by atoms with Crippen molar-refractivity contribution < 1.29 is 19.1 Å². The summed E-state index contributed by atoms with van der Waals surface area (Å²) in [7, 11) is 1.28. The summed E-state index contributed by atoms with van der Waals surface area (Å²) >= 11 is 6.26. The third-order valence-electron chi connectivity index (χ3n) is 6.99. The molecule has 0 unspecified atom stereocenters. The van der Waals surface area contributed by atoms with Crippen LogP contribution in [0.5, 0.6) is 0 Å². The quantitative estimate of drug-likeness (QED) is 0.174. The summed E-state index contributed by atoms with van der Waals surface area (Å²) in [5.74, 6) is 0.575. The summed E-state index contributed by atoms with van der Waals surface area (Å²) in [4.78, 5) is 45.0. The molecule has 2 aromatic heterocycles. The van der Waals surface area contributed by atoms with Gasteiger partial charge in [-0.05, 0) is 72.7 Å². The van der Waals surface area contributed by atoms with E-state index in [2.05, 4.69) is 36.5 Å². The van der Waals surface area contributed by atoms with Gasteiger partial charge in [0.2, 0.25) is 5.91 Å². The number of imidazole rings is 1. The van der Waals surface area contributed by atoms with E-state index in [4.69, 9.17) is 21.3 Å². The third-order valence-corrected chi connectivity index (χ3v) is 7.23. The van der Waals surface area contributed by atoms with Crippen LogP contribution in [0.3, 0.4) is 0 Å². The van der Waals surface area contributed by atoms with Gasteiger partial charge in [0, 0.05) is 46.1 Å². The Morgan fingerprint density at radius 1 is 1.23 bits per heavy atom. The zero-order valence-electron chi connectivity index (χ0n) is 23.6. The SMILES string of the molecule is COC(=O)Nc1ccc2c(c1)NC(=O)CCCC[C@H](NC/C(C=O)=C/c1cc(Cl)ccc1-n1cnnn1)c1nc-2c(C)[nH]1. The summed E-state index contributed by atoms with van der Waals surface area (Å²) < 4.78 is 6.19. The molecule has 1 atom stereocenters. The van der Waals surface area contributed by atoms with Crippen molar-refractivity contribution in [2.75, 3.05) is 24.3 Å². The van der Waals surface area contributed by atoms with Gasteiger partial charge in [0.1, 0.15) is 18.4 Å². The minimum absolute atomic E-state index is 0.138. The predicted molar refractivity (Wildman–Crippen MR) is 161 cm³/mol. The molecule has 0 spiro atoms. The number of benzene rings is 2. The molecule has 2 aromatic carbocycles. The first kappa shape index (κ1) is 29.6. The predicted octanol–water partition coefficient (Wildman–Crippen LogP) is 4.62. The van der Waals surface area contributed by atoms with E-state index in [1.807, 2.05) is 6.92 Å². The number of tetrazole rings is 1. The fourth-order valence-electron chi connectivity index (χ4n) is 4.88. The van der Waals surface area contributed by atoms with E-state index >= 15 is 0 Å². The van der Waals surface area contributed by atoms with Crippen molar-refractivity contribution in [2.45, 2.75) is 38.6 Å². The number of methoxy groups -OCH3 is 1. The lowest BCUT2D eigenvalue weighted by atomic mass is 10.0. The summed E-state index contributed by atoms with van der Waals surface area (Å²) in [6.07, 6.45) is 5.81. The lowest BCUT2D eigenvalue weighted by molar-refractivity contribution is -0.116. The van der Waals surface area contributed by atoms with Gasteiger partial charge in [-0.1, -0.05) is 18.0 Å². The van der Waals surface area contributed by atoms with Crippen LogP contribution in [0.2, 0.25) is 5.02 Å². The lowest BCUT2D eigenvalue weighted by Gasteiger charge is -2.18. The Hall–Kier alpha value is -4.88. The molecule has 14 heteroatoms. The van der Waals surface area contributed by atoms with Gasteiger partial charge in [-0.15, -0.1) is 5.10 Å². The highest BCUT2D eigenvalue weighted by Gasteiger charge is 2.22. The molecule has 5 rings (SSSR count). The number of fused-ring (bicyclic) bond motifs is 4. The Morgan fingerprint density at radius 2 is 2.09 bits per heavy atom. The number of anilines is 2. The molecule has 4 aromatic rings. The number of carbonyl (C=O) groups excluding carboxylic acids is 3. The van der Waals surface area contributed by atoms with Crippen LogP contribution in [0, 0.1) is 6.92 Å². The highest BCUT2D eigenvalue weighted by Crippen LogP contribution is 2.34. The average molecular weight is 604 g/mol. The zero-order chi connectivity index (χ0) is 30.3. The number of aromatic nitrogens is 6. The maximum atomic E-state index is 12.8. The van der Waals surface area contributed by atoms with E-state index in [1.54, 1.807) is 42.5 Å². The summed E-state index contributed by atoms with van der Waals surface area (Å²) in [5, 5.41) is 20.9. The number of aldehydes is 1. The van der Waals surface area contributed by atoms with Crippen molar-refractivity contribution in [3.8, 4) is 16.9 Å². The molecule has 1 aliphatic heterocycles. The van der Waals surface area contributed by atoms with E-state index in [-0.39, 0.29) is 18.5 Å². The van der Waals surface area contributed by atoms with Crippen molar-refractivity contribution in [3.05, 3.63) is 70.4 Å². The minimum Gasteiger partial charge on any atom is -0.453 e. The summed E-state index contributed by atoms with van der Waals surface area (Å²) in [5.41, 5.74) is 5.02. The molecule has 0 saturated carbocycles. The standard InChI is InChI=1S/C29H30ClN9O4/c1-17-27-22-9-8-21(34-29(42)43-2)13-24(22)35-26(41)6-4-3-5-23(28(33-17)36-27)31-14-18(15-40)11-19-12-20(30)7-10-25(19)39-16-32-37-38-39/h7-13,15-16,23,31H,3-6,14H2,1-2H3,(H,33,36)(H,34,42)(H,35,41)/b18-11-/t23-/m0/s1. The van der Waals surface area contributed by atoms with Crippen molar-refractivity contribution >= 4 is 47.3 Å². The molecule has 222 valence electrons. The largest absolute Gasteiger partial charge is 0.453 e. The second-order valence-corrected chi connectivity index (χ2v) is 10.4. The fraction of sp³-hybridized carbons (Fsp3) is 0.276. The number of nitrogens with zero attached hydrogens (tertiary/aromatic N) is 5. The average Bonchev–Trinajstić information content (AvgIpc) is 3.66. The molecule has 0 radical (unpaired) electrons. The number of hydrogen-bond donors (Lipinski definition) is 4. The molecular weight excluding hydrogens is 574 g/mol. The maximum Gasteiger partial charge on any atom is 0.411 e. The number of halogens is 1. The van der Waals surface area contributed by atoms with Crippen LogP contribution in [0.25, 0.3) is 23.0 Å². The van der Waals surface area contributed by atoms with Crippen LogP contribution in [0.1, 0.15) is 48.8 Å². The molecule has 3 heterocycles. The Kier molecular flexibility index (Phi) is 9.23. The minimum atomic E-state index is -0.614. The van der Waals surface area contributed by atoms with Crippen LogP contribution in [0.4, 0.5) is 16.2 Å². The van der Waals surface area contributed by atoms with Gasteiger partial charge >= 0.3 is 6.09 Å². The molecule has 0 aliphatic carbocycles. The van der Waals surface area contributed by atoms with Crippen LogP contribution in [0.15, 0.2) is 48.3 Å². The lowest BCUT2D eigenvalue weighted by Crippen LogP contribution is -2.25. The Balaban J connectivity index is 1.43. The first-order valence-corrected chi connectivity index (χ1v) is 14.0. The maximum absolute atomic E-state index is 12.8. The van der Waals surface area contributed by atoms with E-state index < -0.39 is 6.09 Å². The van der Waals surface area contributed by atoms with Gasteiger partial charge in [0.05, 0.1) is 30.2 Å². The van der Waals surface area contributed by atoms with Crippen LogP contribution >= 0.6 is 11.6 Å². The van der Waals surface area contributed by atoms with Crippen LogP contribution in [-0.4, -0.2) is 62.1 Å². The number of amides is 2. The zero-order valence-corrected chi connectivity index (χ0v) is 24.3. The monoisotopic (exact) mass is 603 g/mol. The summed E-state index contributed by atoms with van der Waals surface area (Å²) in [6.45, 7) is 2.16. The number of hydrogen-bond acceptors (Lipinski definition) is 9. The molecule has 4 N–H and O–H groups in total. The number of carbonyl (C=O) groups is 3. The number of aromatic amines is 1. The fourth-order valence-corrected chi connectivity index (χ4v) is 5.06. The van der Waals surface area contributed by atoms with Gasteiger partial charge in [0.15, 0.2) is 0 Å². The highest BCUT2D eigenvalue weighted by molar-refractivity contribution is 6.30. The Labute approximate surface area is 252 Å². The number of ether oxygens (including phenoxy) is 1. The number of aryl methyl sites for hydroxylation is 1. The van der Waals surface area contributed by atoms with Crippen molar-refractivity contribution in [2.24, 2.45) is 0 Å². The van der Waals surface area contributed by atoms with Gasteiger partial charge in [0.25, 0.3) is 0 Å². The molecule has 13 nitrogen and oxygen atoms in total. The molecular formula is C29H30ClN9O4. The highest BCUT2D eigenvalue weighted by atomic mass is 35.5. The number of rotatable bonds is 7. The topological polar surface area (TPSA) is 169 Å². The van der Waals surface area contributed by atoms with Crippen molar-refractivity contribution in [3.63, 3.8) is 0 Å². The molecule has 0 fully saturated rings. The Morgan fingerprint density at radius 3 is 2.86 bits per heavy atom. The number of H-pyrrole nitrogens is 1. The molecule has 43 heavy (non-hydrogen) atoms. The normalized spacial score (nSPS) is 15.5. The van der Waals surface area contributed by atoms with E-state index in [1.165, 1.54) is 18.1 Å². The van der Waals surface area contributed by atoms with Gasteiger partial charge in [-0.3, -0.25) is 14.9 Å². The van der Waals surface area contributed by atoms with Crippen LogP contribution in [-0.2, 0) is 14.3 Å². The molecule has 0 saturated heterocycles. The van der Waals surface area contributed by atoms with Gasteiger partial charge < -0.3 is 20.4 Å². The molecule has 1 aliphatic rings. The number of nitrogens with one attached hydrogen (secondary N) is 4.